The summed E-state index contributed by atoms with van der Waals surface area (Å²) in [4.78, 5) is 25.5. The molecule has 0 aliphatic heterocycles. The number of carbonyl (C=O) groups is 2. The summed E-state index contributed by atoms with van der Waals surface area (Å²) in [5.74, 6) is -0.452. The van der Waals surface area contributed by atoms with Crippen molar-refractivity contribution in [1.82, 2.24) is 4.90 Å². The van der Waals surface area contributed by atoms with Crippen molar-refractivity contribution in [3.8, 4) is 11.1 Å². The lowest BCUT2D eigenvalue weighted by Crippen LogP contribution is -2.44. The first kappa shape index (κ1) is 18.7. The van der Waals surface area contributed by atoms with Gasteiger partial charge in [-0.05, 0) is 22.3 Å². The number of alkyl halides is 1. The summed E-state index contributed by atoms with van der Waals surface area (Å²) in [6.07, 6.45) is -0.529. The van der Waals surface area contributed by atoms with Gasteiger partial charge in [0.1, 0.15) is 12.6 Å². The lowest BCUT2D eigenvalue weighted by Gasteiger charge is -2.24. The molecular formula is C20H20INO4. The average Bonchev–Trinajstić information content (AvgIpc) is 3.00. The molecule has 3 rings (SSSR count). The number of methoxy groups -OCH3 is 1. The summed E-state index contributed by atoms with van der Waals surface area (Å²) in [6, 6.07) is 15.7. The Balaban J connectivity index is 1.76. The summed E-state index contributed by atoms with van der Waals surface area (Å²) in [6.45, 7) is 0.229. The Morgan fingerprint density at radius 3 is 2.12 bits per heavy atom. The Morgan fingerprint density at radius 1 is 1.08 bits per heavy atom. The molecule has 0 unspecified atom stereocenters. The third-order valence-electron chi connectivity index (χ3n) is 4.71. The highest BCUT2D eigenvalue weighted by Gasteiger charge is 2.31. The van der Waals surface area contributed by atoms with Crippen LogP contribution in [0.1, 0.15) is 17.0 Å². The number of esters is 1. The zero-order valence-corrected chi connectivity index (χ0v) is 16.8. The first-order valence-electron chi connectivity index (χ1n) is 8.30. The third kappa shape index (κ3) is 3.42. The highest BCUT2D eigenvalue weighted by molar-refractivity contribution is 14.1. The van der Waals surface area contributed by atoms with Crippen LogP contribution in [0.2, 0.25) is 0 Å². The SMILES string of the molecule is COC(=O)[C@@H](CI)N(C)C(=O)OCC1c2ccccc2-c2ccccc21. The van der Waals surface area contributed by atoms with Gasteiger partial charge in [-0.25, -0.2) is 9.59 Å². The topological polar surface area (TPSA) is 55.8 Å². The Kier molecular flexibility index (Phi) is 5.80. The molecular weight excluding hydrogens is 445 g/mol. The van der Waals surface area contributed by atoms with Gasteiger partial charge in [-0.2, -0.15) is 0 Å². The number of nitrogens with zero attached hydrogens (tertiary/aromatic N) is 1. The van der Waals surface area contributed by atoms with Gasteiger partial charge in [0.05, 0.1) is 7.11 Å². The van der Waals surface area contributed by atoms with Crippen LogP contribution in [0.25, 0.3) is 11.1 Å². The minimum absolute atomic E-state index is 0.00377. The lowest BCUT2D eigenvalue weighted by atomic mass is 9.98. The number of ether oxygens (including phenoxy) is 2. The van der Waals surface area contributed by atoms with E-state index in [4.69, 9.17) is 9.47 Å². The van der Waals surface area contributed by atoms with Gasteiger partial charge < -0.3 is 9.47 Å². The molecule has 0 saturated heterocycles. The maximum absolute atomic E-state index is 12.4. The number of fused-ring (bicyclic) bond motifs is 3. The first-order chi connectivity index (χ1) is 12.6. The van der Waals surface area contributed by atoms with Crippen molar-refractivity contribution in [3.05, 3.63) is 59.7 Å². The van der Waals surface area contributed by atoms with Gasteiger partial charge in [-0.3, -0.25) is 4.90 Å². The van der Waals surface area contributed by atoms with Crippen LogP contribution in [0, 0.1) is 0 Å². The number of benzene rings is 2. The number of hydrogen-bond acceptors (Lipinski definition) is 4. The summed E-state index contributed by atoms with van der Waals surface area (Å²) in [7, 11) is 2.87. The van der Waals surface area contributed by atoms with E-state index in [1.54, 1.807) is 7.05 Å². The Labute approximate surface area is 166 Å². The number of amides is 1. The maximum Gasteiger partial charge on any atom is 0.410 e. The van der Waals surface area contributed by atoms with Gasteiger partial charge >= 0.3 is 12.1 Å². The second-order valence-electron chi connectivity index (χ2n) is 6.11. The molecule has 0 fully saturated rings. The van der Waals surface area contributed by atoms with Crippen LogP contribution in [-0.4, -0.2) is 48.2 Å². The Hall–Kier alpha value is -2.09. The van der Waals surface area contributed by atoms with Crippen LogP contribution in [0.5, 0.6) is 0 Å². The molecule has 1 atom stereocenters. The second kappa shape index (κ2) is 8.07. The molecule has 136 valence electrons. The van der Waals surface area contributed by atoms with Crippen molar-refractivity contribution in [2.45, 2.75) is 12.0 Å². The minimum atomic E-state index is -0.656. The summed E-state index contributed by atoms with van der Waals surface area (Å²) < 4.78 is 10.7. The van der Waals surface area contributed by atoms with Crippen molar-refractivity contribution < 1.29 is 19.1 Å². The Morgan fingerprint density at radius 2 is 1.62 bits per heavy atom. The smallest absolute Gasteiger partial charge is 0.410 e. The molecule has 0 bridgehead atoms. The highest BCUT2D eigenvalue weighted by Crippen LogP contribution is 2.44. The number of hydrogen-bond donors (Lipinski definition) is 0. The zero-order chi connectivity index (χ0) is 18.7. The number of likely N-dealkylation sites (N-methyl/N-ethyl adjacent to an activating group) is 1. The molecule has 2 aromatic carbocycles. The fraction of sp³-hybridized carbons (Fsp3) is 0.300. The monoisotopic (exact) mass is 465 g/mol. The van der Waals surface area contributed by atoms with Gasteiger partial charge in [0.25, 0.3) is 0 Å². The number of rotatable bonds is 5. The first-order valence-corrected chi connectivity index (χ1v) is 9.82. The van der Waals surface area contributed by atoms with E-state index in [1.807, 2.05) is 24.3 Å². The van der Waals surface area contributed by atoms with Crippen LogP contribution in [-0.2, 0) is 14.3 Å². The molecule has 0 radical (unpaired) electrons. The molecule has 5 nitrogen and oxygen atoms in total. The van der Waals surface area contributed by atoms with Crippen LogP contribution >= 0.6 is 22.6 Å². The summed E-state index contributed by atoms with van der Waals surface area (Å²) in [5.41, 5.74) is 4.67. The minimum Gasteiger partial charge on any atom is -0.467 e. The predicted molar refractivity (Wildman–Crippen MR) is 108 cm³/mol. The molecule has 1 aliphatic rings. The van der Waals surface area contributed by atoms with E-state index in [0.717, 1.165) is 11.1 Å². The average molecular weight is 465 g/mol. The fourth-order valence-electron chi connectivity index (χ4n) is 3.28. The van der Waals surface area contributed by atoms with E-state index in [9.17, 15) is 9.59 Å². The molecule has 2 aromatic rings. The third-order valence-corrected chi connectivity index (χ3v) is 5.55. The standard InChI is InChI=1S/C20H20INO4/c1-22(18(11-21)19(23)25-2)20(24)26-12-17-15-9-5-3-7-13(15)14-8-4-6-10-16(14)17/h3-10,17-18H,11-12H2,1-2H3/t18-/m1/s1. The molecule has 0 aromatic heterocycles. The lowest BCUT2D eigenvalue weighted by molar-refractivity contribution is -0.145. The van der Waals surface area contributed by atoms with E-state index in [0.29, 0.717) is 4.43 Å². The molecule has 0 heterocycles. The van der Waals surface area contributed by atoms with Crippen molar-refractivity contribution in [2.24, 2.45) is 0 Å². The van der Waals surface area contributed by atoms with E-state index in [1.165, 1.54) is 23.1 Å². The van der Waals surface area contributed by atoms with Gasteiger partial charge in [0.2, 0.25) is 0 Å². The normalized spacial score (nSPS) is 13.5. The molecule has 0 saturated carbocycles. The van der Waals surface area contributed by atoms with Crippen LogP contribution < -0.4 is 0 Å². The molecule has 1 amide bonds. The summed E-state index contributed by atoms with van der Waals surface area (Å²) in [5, 5.41) is 0. The summed E-state index contributed by atoms with van der Waals surface area (Å²) >= 11 is 2.05. The predicted octanol–water partition coefficient (Wildman–Crippen LogP) is 3.84. The van der Waals surface area contributed by atoms with Crippen LogP contribution in [0.4, 0.5) is 4.79 Å². The zero-order valence-electron chi connectivity index (χ0n) is 14.6. The number of halogens is 1. The number of carbonyl (C=O) groups excluding carboxylic acids is 2. The van der Waals surface area contributed by atoms with Crippen molar-refractivity contribution in [3.63, 3.8) is 0 Å². The van der Waals surface area contributed by atoms with E-state index in [2.05, 4.69) is 46.9 Å². The Bertz CT molecular complexity index is 777. The van der Waals surface area contributed by atoms with Crippen molar-refractivity contribution >= 4 is 34.7 Å². The van der Waals surface area contributed by atoms with Gasteiger partial charge in [0, 0.05) is 17.4 Å². The van der Waals surface area contributed by atoms with Crippen molar-refractivity contribution in [1.29, 1.82) is 0 Å². The van der Waals surface area contributed by atoms with E-state index in [-0.39, 0.29) is 12.5 Å². The van der Waals surface area contributed by atoms with E-state index >= 15 is 0 Å². The van der Waals surface area contributed by atoms with Crippen molar-refractivity contribution in [2.75, 3.05) is 25.2 Å². The second-order valence-corrected chi connectivity index (χ2v) is 6.99. The van der Waals surface area contributed by atoms with Gasteiger partial charge in [-0.1, -0.05) is 71.1 Å². The molecule has 6 heteroatoms. The maximum atomic E-state index is 12.4. The largest absolute Gasteiger partial charge is 0.467 e. The van der Waals surface area contributed by atoms with E-state index < -0.39 is 18.1 Å². The molecule has 1 aliphatic carbocycles. The quantitative estimate of drug-likeness (QED) is 0.383. The fourth-order valence-corrected chi connectivity index (χ4v) is 4.23. The molecule has 0 spiro atoms. The molecule has 26 heavy (non-hydrogen) atoms. The van der Waals surface area contributed by atoms with Crippen LogP contribution in [0.15, 0.2) is 48.5 Å². The highest BCUT2D eigenvalue weighted by atomic mass is 127. The molecule has 0 N–H and O–H groups in total. The van der Waals surface area contributed by atoms with Gasteiger partial charge in [-0.15, -0.1) is 0 Å². The van der Waals surface area contributed by atoms with Gasteiger partial charge in [0.15, 0.2) is 0 Å². The van der Waals surface area contributed by atoms with Crippen LogP contribution in [0.3, 0.4) is 0 Å².